The summed E-state index contributed by atoms with van der Waals surface area (Å²) in [6.45, 7) is 2.05. The van der Waals surface area contributed by atoms with Gasteiger partial charge in [0.05, 0.1) is 14.0 Å². The molecule has 2 heterocycles. The number of thiophene rings is 2. The van der Waals surface area contributed by atoms with Crippen molar-refractivity contribution in [1.29, 1.82) is 0 Å². The molecule has 2 aromatic rings. The van der Waals surface area contributed by atoms with Crippen molar-refractivity contribution in [2.24, 2.45) is 0 Å². The predicted octanol–water partition coefficient (Wildman–Crippen LogP) is 6.52. The molecule has 16 heavy (non-hydrogen) atoms. The van der Waals surface area contributed by atoms with Gasteiger partial charge in [-0.05, 0) is 35.0 Å². The zero-order valence-electron chi connectivity index (χ0n) is 8.06. The first-order valence-corrected chi connectivity index (χ1v) is 7.95. The average molecular weight is 377 g/mol. The topological polar surface area (TPSA) is 0 Å². The van der Waals surface area contributed by atoms with Gasteiger partial charge in [-0.3, -0.25) is 0 Å². The van der Waals surface area contributed by atoms with Crippen LogP contribution in [-0.2, 0) is 0 Å². The molecule has 6 heteroatoms. The Kier molecular flexibility index (Phi) is 4.26. The van der Waals surface area contributed by atoms with Crippen molar-refractivity contribution in [3.05, 3.63) is 40.6 Å². The van der Waals surface area contributed by atoms with Gasteiger partial charge < -0.3 is 0 Å². The molecule has 1 unspecified atom stereocenters. The zero-order chi connectivity index (χ0) is 11.9. The molecule has 2 rings (SSSR count). The summed E-state index contributed by atoms with van der Waals surface area (Å²) in [7, 11) is 0. The summed E-state index contributed by atoms with van der Waals surface area (Å²) in [4.78, 5) is 2.28. The van der Waals surface area contributed by atoms with Crippen LogP contribution in [-0.4, -0.2) is 0 Å². The smallest absolute Gasteiger partial charge is 0.0994 e. The zero-order valence-corrected chi connectivity index (χ0v) is 13.5. The molecule has 0 saturated heterocycles. The van der Waals surface area contributed by atoms with Crippen LogP contribution in [0.3, 0.4) is 0 Å². The molecule has 0 aliphatic heterocycles. The molecule has 0 aliphatic carbocycles. The average Bonchev–Trinajstić information content (AvgIpc) is 2.68. The van der Waals surface area contributed by atoms with Crippen molar-refractivity contribution < 1.29 is 0 Å². The van der Waals surface area contributed by atoms with Gasteiger partial charge in [0, 0.05) is 19.8 Å². The minimum atomic E-state index is -0.246. The Labute approximate surface area is 125 Å². The fraction of sp³-hybridized carbons (Fsp3) is 0.200. The molecular formula is C10H6BrCl3S2. The van der Waals surface area contributed by atoms with E-state index in [1.807, 2.05) is 13.0 Å². The van der Waals surface area contributed by atoms with Crippen LogP contribution in [0.15, 0.2) is 16.6 Å². The normalized spacial score (nSPS) is 13.1. The van der Waals surface area contributed by atoms with Crippen LogP contribution in [0.4, 0.5) is 0 Å². The second-order valence-electron chi connectivity index (χ2n) is 3.21. The molecular weight excluding hydrogens is 371 g/mol. The van der Waals surface area contributed by atoms with E-state index in [1.54, 1.807) is 11.3 Å². The van der Waals surface area contributed by atoms with E-state index in [0.717, 1.165) is 14.9 Å². The minimum absolute atomic E-state index is 0.246. The Hall–Kier alpha value is 0.750. The van der Waals surface area contributed by atoms with Gasteiger partial charge in [0.2, 0.25) is 0 Å². The molecule has 0 spiro atoms. The Balaban J connectivity index is 2.42. The van der Waals surface area contributed by atoms with Crippen molar-refractivity contribution in [3.8, 4) is 0 Å². The Morgan fingerprint density at radius 1 is 1.25 bits per heavy atom. The molecule has 0 bridgehead atoms. The number of rotatable bonds is 2. The van der Waals surface area contributed by atoms with Crippen LogP contribution in [0.2, 0.25) is 8.67 Å². The fourth-order valence-electron chi connectivity index (χ4n) is 1.34. The summed E-state index contributed by atoms with van der Waals surface area (Å²) in [5.74, 6) is 0. The number of halogens is 4. The molecule has 0 radical (unpaired) electrons. The van der Waals surface area contributed by atoms with E-state index in [1.165, 1.54) is 16.2 Å². The van der Waals surface area contributed by atoms with Crippen LogP contribution in [0.1, 0.15) is 20.7 Å². The van der Waals surface area contributed by atoms with E-state index in [9.17, 15) is 0 Å². The third-order valence-corrected chi connectivity index (χ3v) is 6.16. The number of aryl methyl sites for hydroxylation is 1. The minimum Gasteiger partial charge on any atom is -0.143 e. The van der Waals surface area contributed by atoms with E-state index in [0.29, 0.717) is 8.67 Å². The maximum absolute atomic E-state index is 6.41. The lowest BCUT2D eigenvalue weighted by molar-refractivity contribution is 1.19. The molecule has 1 atom stereocenters. The van der Waals surface area contributed by atoms with Gasteiger partial charge in [-0.2, -0.15) is 0 Å². The lowest BCUT2D eigenvalue weighted by atomic mass is 10.2. The van der Waals surface area contributed by atoms with Gasteiger partial charge in [0.25, 0.3) is 0 Å². The van der Waals surface area contributed by atoms with Crippen LogP contribution in [0, 0.1) is 6.92 Å². The number of hydrogen-bond acceptors (Lipinski definition) is 2. The van der Waals surface area contributed by atoms with Crippen molar-refractivity contribution in [1.82, 2.24) is 0 Å². The molecule has 0 nitrogen and oxygen atoms in total. The molecule has 0 fully saturated rings. The first-order chi connectivity index (χ1) is 7.49. The SMILES string of the molecule is Cc1cc(Br)c(C(Cl)c2cc(Cl)sc2Cl)s1. The highest BCUT2D eigenvalue weighted by Gasteiger charge is 2.21. The van der Waals surface area contributed by atoms with E-state index in [-0.39, 0.29) is 5.38 Å². The van der Waals surface area contributed by atoms with E-state index in [2.05, 4.69) is 22.0 Å². The van der Waals surface area contributed by atoms with E-state index >= 15 is 0 Å². The maximum atomic E-state index is 6.41. The van der Waals surface area contributed by atoms with Gasteiger partial charge in [-0.15, -0.1) is 34.3 Å². The number of alkyl halides is 1. The third kappa shape index (κ3) is 2.60. The Morgan fingerprint density at radius 2 is 1.94 bits per heavy atom. The van der Waals surface area contributed by atoms with E-state index < -0.39 is 0 Å². The second-order valence-corrected chi connectivity index (χ2v) is 8.08. The first-order valence-electron chi connectivity index (χ1n) is 4.33. The highest BCUT2D eigenvalue weighted by molar-refractivity contribution is 9.10. The third-order valence-electron chi connectivity index (χ3n) is 2.02. The largest absolute Gasteiger partial charge is 0.143 e. The van der Waals surface area contributed by atoms with Gasteiger partial charge >= 0.3 is 0 Å². The predicted molar refractivity (Wildman–Crippen MR) is 78.8 cm³/mol. The fourth-order valence-corrected chi connectivity index (χ4v) is 5.43. The van der Waals surface area contributed by atoms with Crippen molar-refractivity contribution >= 4 is 73.4 Å². The van der Waals surface area contributed by atoms with Crippen LogP contribution in [0.5, 0.6) is 0 Å². The molecule has 0 amide bonds. The van der Waals surface area contributed by atoms with Gasteiger partial charge in [-0.25, -0.2) is 0 Å². The van der Waals surface area contributed by atoms with Crippen LogP contribution >= 0.6 is 73.4 Å². The summed E-state index contributed by atoms with van der Waals surface area (Å²) < 4.78 is 2.34. The summed E-state index contributed by atoms with van der Waals surface area (Å²) in [5, 5.41) is -0.246. The van der Waals surface area contributed by atoms with Gasteiger partial charge in [0.15, 0.2) is 0 Å². The Morgan fingerprint density at radius 3 is 2.38 bits per heavy atom. The lowest BCUT2D eigenvalue weighted by Crippen LogP contribution is -1.88. The molecule has 86 valence electrons. The molecule has 0 aliphatic rings. The summed E-state index contributed by atoms with van der Waals surface area (Å²) in [6, 6.07) is 3.88. The second kappa shape index (κ2) is 5.17. The Bertz CT molecular complexity index is 472. The summed E-state index contributed by atoms with van der Waals surface area (Å²) in [5.41, 5.74) is 0.876. The number of hydrogen-bond donors (Lipinski definition) is 0. The van der Waals surface area contributed by atoms with E-state index in [4.69, 9.17) is 34.8 Å². The molecule has 0 saturated carbocycles. The summed E-state index contributed by atoms with van der Waals surface area (Å²) in [6.07, 6.45) is 0. The standard InChI is InChI=1S/C10H6BrCl3S2/c1-4-2-6(11)9(15-4)8(13)5-3-7(12)16-10(5)14/h2-3,8H,1H3. The van der Waals surface area contributed by atoms with Crippen molar-refractivity contribution in [3.63, 3.8) is 0 Å². The van der Waals surface area contributed by atoms with Crippen molar-refractivity contribution in [2.75, 3.05) is 0 Å². The van der Waals surface area contributed by atoms with Crippen LogP contribution in [0.25, 0.3) is 0 Å². The van der Waals surface area contributed by atoms with Gasteiger partial charge in [-0.1, -0.05) is 23.2 Å². The highest BCUT2D eigenvalue weighted by atomic mass is 79.9. The van der Waals surface area contributed by atoms with Crippen molar-refractivity contribution in [2.45, 2.75) is 12.3 Å². The lowest BCUT2D eigenvalue weighted by Gasteiger charge is -2.06. The van der Waals surface area contributed by atoms with Gasteiger partial charge in [0.1, 0.15) is 0 Å². The first kappa shape index (κ1) is 13.2. The molecule has 0 aromatic carbocycles. The quantitative estimate of drug-likeness (QED) is 0.524. The van der Waals surface area contributed by atoms with Crippen LogP contribution < -0.4 is 0 Å². The molecule has 2 aromatic heterocycles. The monoisotopic (exact) mass is 374 g/mol. The maximum Gasteiger partial charge on any atom is 0.0994 e. The summed E-state index contributed by atoms with van der Waals surface area (Å²) >= 11 is 24.9. The molecule has 0 N–H and O–H groups in total. The highest BCUT2D eigenvalue weighted by Crippen LogP contribution is 2.45.